The first-order valence-electron chi connectivity index (χ1n) is 10.5. The molecule has 3 amide bonds. The van der Waals surface area contributed by atoms with Crippen molar-refractivity contribution in [3.8, 4) is 0 Å². The number of piperidine rings is 1. The summed E-state index contributed by atoms with van der Waals surface area (Å²) in [6.07, 6.45) is 2.94. The molecule has 1 atom stereocenters. The van der Waals surface area contributed by atoms with Gasteiger partial charge in [-0.1, -0.05) is 24.3 Å². The number of nitrogens with zero attached hydrogens (tertiary/aromatic N) is 3. The van der Waals surface area contributed by atoms with Gasteiger partial charge >= 0.3 is 0 Å². The van der Waals surface area contributed by atoms with E-state index in [1.165, 1.54) is 0 Å². The number of hydrogen-bond donors (Lipinski definition) is 1. The third kappa shape index (κ3) is 4.90. The lowest BCUT2D eigenvalue weighted by molar-refractivity contribution is -0.137. The minimum Gasteiger partial charge on any atom is -0.341 e. The van der Waals surface area contributed by atoms with Crippen LogP contribution in [-0.4, -0.2) is 63.3 Å². The number of anilines is 1. The van der Waals surface area contributed by atoms with E-state index in [0.717, 1.165) is 5.56 Å². The Balaban J connectivity index is 1.32. The van der Waals surface area contributed by atoms with Gasteiger partial charge in [0, 0.05) is 36.5 Å². The van der Waals surface area contributed by atoms with Gasteiger partial charge in [0.1, 0.15) is 11.9 Å². The third-order valence-electron chi connectivity index (χ3n) is 5.79. The highest BCUT2D eigenvalue weighted by molar-refractivity contribution is 7.99. The Labute approximate surface area is 186 Å². The van der Waals surface area contributed by atoms with Crippen LogP contribution in [0, 0.1) is 12.8 Å². The quantitative estimate of drug-likeness (QED) is 0.794. The summed E-state index contributed by atoms with van der Waals surface area (Å²) in [5.41, 5.74) is 1.64. The molecule has 0 bridgehead atoms. The summed E-state index contributed by atoms with van der Waals surface area (Å²) >= 11 is 1.60. The lowest BCUT2D eigenvalue weighted by Gasteiger charge is -2.34. The molecule has 2 saturated heterocycles. The van der Waals surface area contributed by atoms with Crippen LogP contribution in [0.1, 0.15) is 28.8 Å². The number of rotatable bonds is 4. The summed E-state index contributed by atoms with van der Waals surface area (Å²) in [5, 5.41) is 2.87. The fourth-order valence-electron chi connectivity index (χ4n) is 3.94. The van der Waals surface area contributed by atoms with E-state index in [9.17, 15) is 14.4 Å². The predicted octanol–water partition coefficient (Wildman–Crippen LogP) is 2.78. The summed E-state index contributed by atoms with van der Waals surface area (Å²) in [6, 6.07) is 12.3. The topological polar surface area (TPSA) is 82.6 Å². The van der Waals surface area contributed by atoms with Gasteiger partial charge in [-0.15, -0.1) is 11.8 Å². The second kappa shape index (κ2) is 9.51. The Morgan fingerprint density at radius 2 is 1.81 bits per heavy atom. The SMILES string of the molecule is Cc1ccc(NC(=O)C2CCN(C(=O)[C@@H]3CSCN3C(=O)c3ccccc3)CC2)nc1. The molecule has 162 valence electrons. The standard InChI is InChI=1S/C23H26N4O3S/c1-16-7-8-20(24-13-16)25-21(28)17-9-11-26(12-10-17)23(30)19-14-31-15-27(19)22(29)18-5-3-2-4-6-18/h2-8,13,17,19H,9-12,14-15H2,1H3,(H,24,25,28)/t19-/m0/s1. The molecule has 0 spiro atoms. The first-order chi connectivity index (χ1) is 15.0. The van der Waals surface area contributed by atoms with E-state index in [1.807, 2.05) is 31.2 Å². The maximum absolute atomic E-state index is 13.2. The van der Waals surface area contributed by atoms with Crippen molar-refractivity contribution < 1.29 is 14.4 Å². The summed E-state index contributed by atoms with van der Waals surface area (Å²) in [7, 11) is 0. The van der Waals surface area contributed by atoms with E-state index in [1.54, 1.807) is 46.0 Å². The van der Waals surface area contributed by atoms with E-state index in [-0.39, 0.29) is 23.6 Å². The van der Waals surface area contributed by atoms with Crippen LogP contribution in [0.5, 0.6) is 0 Å². The van der Waals surface area contributed by atoms with Crippen molar-refractivity contribution >= 4 is 35.3 Å². The number of nitrogens with one attached hydrogen (secondary N) is 1. The largest absolute Gasteiger partial charge is 0.341 e. The van der Waals surface area contributed by atoms with Crippen molar-refractivity contribution in [3.63, 3.8) is 0 Å². The molecule has 1 N–H and O–H groups in total. The van der Waals surface area contributed by atoms with Gasteiger partial charge in [-0.25, -0.2) is 4.98 Å². The van der Waals surface area contributed by atoms with Gasteiger partial charge in [-0.3, -0.25) is 14.4 Å². The molecule has 3 heterocycles. The van der Waals surface area contributed by atoms with Crippen molar-refractivity contribution in [1.82, 2.24) is 14.8 Å². The molecular formula is C23H26N4O3S. The molecule has 0 saturated carbocycles. The summed E-state index contributed by atoms with van der Waals surface area (Å²) in [4.78, 5) is 46.3. The molecule has 1 aromatic heterocycles. The lowest BCUT2D eigenvalue weighted by atomic mass is 9.95. The number of carbonyl (C=O) groups excluding carboxylic acids is 3. The number of thioether (sulfide) groups is 1. The van der Waals surface area contributed by atoms with Crippen molar-refractivity contribution in [1.29, 1.82) is 0 Å². The molecule has 1 aromatic carbocycles. The van der Waals surface area contributed by atoms with E-state index in [4.69, 9.17) is 0 Å². The summed E-state index contributed by atoms with van der Waals surface area (Å²) in [6.45, 7) is 2.99. The Kier molecular flexibility index (Phi) is 6.56. The smallest absolute Gasteiger partial charge is 0.255 e. The molecule has 4 rings (SSSR count). The van der Waals surface area contributed by atoms with Crippen molar-refractivity contribution in [3.05, 3.63) is 59.8 Å². The van der Waals surface area contributed by atoms with Crippen molar-refractivity contribution in [2.75, 3.05) is 30.0 Å². The second-order valence-electron chi connectivity index (χ2n) is 7.97. The van der Waals surface area contributed by atoms with Crippen LogP contribution in [0.25, 0.3) is 0 Å². The van der Waals surface area contributed by atoms with Gasteiger partial charge in [-0.2, -0.15) is 0 Å². The fraction of sp³-hybridized carbons (Fsp3) is 0.391. The minimum atomic E-state index is -0.445. The maximum atomic E-state index is 13.2. The first-order valence-corrected chi connectivity index (χ1v) is 11.6. The van der Waals surface area contributed by atoms with Crippen LogP contribution in [0.3, 0.4) is 0 Å². The Hall–Kier alpha value is -2.87. The average molecular weight is 439 g/mol. The monoisotopic (exact) mass is 438 g/mol. The first kappa shape index (κ1) is 21.4. The number of pyridine rings is 1. The highest BCUT2D eigenvalue weighted by atomic mass is 32.2. The fourth-order valence-corrected chi connectivity index (χ4v) is 5.08. The molecule has 2 aliphatic heterocycles. The summed E-state index contributed by atoms with van der Waals surface area (Å²) < 4.78 is 0. The van der Waals surface area contributed by atoms with Gasteiger partial charge in [0.2, 0.25) is 11.8 Å². The number of carbonyl (C=O) groups is 3. The van der Waals surface area contributed by atoms with Gasteiger partial charge < -0.3 is 15.1 Å². The molecule has 0 unspecified atom stereocenters. The number of likely N-dealkylation sites (tertiary alicyclic amines) is 1. The number of benzene rings is 1. The number of aryl methyl sites for hydroxylation is 1. The molecule has 31 heavy (non-hydrogen) atoms. The molecule has 2 aromatic rings. The predicted molar refractivity (Wildman–Crippen MR) is 121 cm³/mol. The maximum Gasteiger partial charge on any atom is 0.255 e. The zero-order valence-electron chi connectivity index (χ0n) is 17.5. The summed E-state index contributed by atoms with van der Waals surface area (Å²) in [5.74, 6) is 1.35. The van der Waals surface area contributed by atoms with Crippen LogP contribution in [-0.2, 0) is 9.59 Å². The van der Waals surface area contributed by atoms with Crippen LogP contribution in [0.4, 0.5) is 5.82 Å². The lowest BCUT2D eigenvalue weighted by Crippen LogP contribution is -2.51. The van der Waals surface area contributed by atoms with Gasteiger partial charge in [0.05, 0.1) is 5.88 Å². The molecule has 0 radical (unpaired) electrons. The number of aromatic nitrogens is 1. The Bertz CT molecular complexity index is 943. The zero-order chi connectivity index (χ0) is 21.8. The molecule has 2 aliphatic rings. The highest BCUT2D eigenvalue weighted by Crippen LogP contribution is 2.27. The highest BCUT2D eigenvalue weighted by Gasteiger charge is 2.39. The molecular weight excluding hydrogens is 412 g/mol. The van der Waals surface area contributed by atoms with E-state index in [2.05, 4.69) is 10.3 Å². The normalized spacial score (nSPS) is 19.3. The Morgan fingerprint density at radius 1 is 1.06 bits per heavy atom. The molecule has 7 nitrogen and oxygen atoms in total. The van der Waals surface area contributed by atoms with Crippen LogP contribution >= 0.6 is 11.8 Å². The number of hydrogen-bond acceptors (Lipinski definition) is 5. The van der Waals surface area contributed by atoms with E-state index in [0.29, 0.717) is 48.9 Å². The zero-order valence-corrected chi connectivity index (χ0v) is 18.3. The van der Waals surface area contributed by atoms with Crippen LogP contribution in [0.15, 0.2) is 48.7 Å². The van der Waals surface area contributed by atoms with Crippen molar-refractivity contribution in [2.24, 2.45) is 5.92 Å². The van der Waals surface area contributed by atoms with Gasteiger partial charge in [0.25, 0.3) is 5.91 Å². The van der Waals surface area contributed by atoms with E-state index < -0.39 is 6.04 Å². The van der Waals surface area contributed by atoms with Crippen LogP contribution in [0.2, 0.25) is 0 Å². The second-order valence-corrected chi connectivity index (χ2v) is 8.97. The molecule has 8 heteroatoms. The third-order valence-corrected chi connectivity index (χ3v) is 6.80. The van der Waals surface area contributed by atoms with Gasteiger partial charge in [0.15, 0.2) is 0 Å². The Morgan fingerprint density at radius 3 is 2.48 bits per heavy atom. The molecule has 2 fully saturated rings. The minimum absolute atomic E-state index is 0.0201. The van der Waals surface area contributed by atoms with Crippen LogP contribution < -0.4 is 5.32 Å². The van der Waals surface area contributed by atoms with Crippen molar-refractivity contribution in [2.45, 2.75) is 25.8 Å². The average Bonchev–Trinajstić information content (AvgIpc) is 3.30. The van der Waals surface area contributed by atoms with E-state index >= 15 is 0 Å². The van der Waals surface area contributed by atoms with Gasteiger partial charge in [-0.05, 0) is 43.5 Å². The number of amides is 3. The molecule has 0 aliphatic carbocycles.